The third-order valence-electron chi connectivity index (χ3n) is 4.40. The minimum absolute atomic E-state index is 0.148. The van der Waals surface area contributed by atoms with Crippen LogP contribution in [0.3, 0.4) is 0 Å². The van der Waals surface area contributed by atoms with E-state index in [4.69, 9.17) is 4.74 Å². The summed E-state index contributed by atoms with van der Waals surface area (Å²) in [5.74, 6) is 1.34. The molecule has 5 nitrogen and oxygen atoms in total. The van der Waals surface area contributed by atoms with Gasteiger partial charge in [-0.1, -0.05) is 30.3 Å². The zero-order valence-electron chi connectivity index (χ0n) is 14.5. The van der Waals surface area contributed by atoms with Crippen LogP contribution in [0.2, 0.25) is 0 Å². The Labute approximate surface area is 152 Å². The normalized spacial score (nSPS) is 13.4. The SMILES string of the molecule is O=C(Nc1cnn(CC2CC2)c1)c1ccc(OCc2ccccc2)cc1. The first-order chi connectivity index (χ1) is 12.8. The molecule has 0 bridgehead atoms. The first-order valence-electron chi connectivity index (χ1n) is 8.87. The minimum Gasteiger partial charge on any atom is -0.489 e. The van der Waals surface area contributed by atoms with Gasteiger partial charge in [0.25, 0.3) is 5.91 Å². The van der Waals surface area contributed by atoms with Crippen molar-refractivity contribution in [1.82, 2.24) is 9.78 Å². The zero-order chi connectivity index (χ0) is 17.8. The lowest BCUT2D eigenvalue weighted by molar-refractivity contribution is 0.102. The van der Waals surface area contributed by atoms with E-state index in [-0.39, 0.29) is 5.91 Å². The zero-order valence-corrected chi connectivity index (χ0v) is 14.5. The van der Waals surface area contributed by atoms with Crippen molar-refractivity contribution in [3.05, 3.63) is 78.1 Å². The molecule has 26 heavy (non-hydrogen) atoms. The summed E-state index contributed by atoms with van der Waals surface area (Å²) in [6.07, 6.45) is 6.13. The van der Waals surface area contributed by atoms with Crippen molar-refractivity contribution in [2.45, 2.75) is 26.0 Å². The highest BCUT2D eigenvalue weighted by atomic mass is 16.5. The summed E-state index contributed by atoms with van der Waals surface area (Å²) in [5.41, 5.74) is 2.42. The first-order valence-corrected chi connectivity index (χ1v) is 8.87. The van der Waals surface area contributed by atoms with Crippen LogP contribution in [0, 0.1) is 5.92 Å². The molecule has 2 aromatic carbocycles. The van der Waals surface area contributed by atoms with E-state index in [9.17, 15) is 4.79 Å². The number of hydrogen-bond donors (Lipinski definition) is 1. The van der Waals surface area contributed by atoms with Crippen molar-refractivity contribution in [2.75, 3.05) is 5.32 Å². The maximum Gasteiger partial charge on any atom is 0.255 e. The van der Waals surface area contributed by atoms with Crippen molar-refractivity contribution in [3.63, 3.8) is 0 Å². The van der Waals surface area contributed by atoms with Crippen LogP contribution in [0.25, 0.3) is 0 Å². The fourth-order valence-corrected chi connectivity index (χ4v) is 2.74. The van der Waals surface area contributed by atoms with Gasteiger partial charge in [-0.05, 0) is 48.6 Å². The van der Waals surface area contributed by atoms with Gasteiger partial charge in [-0.25, -0.2) is 0 Å². The quantitative estimate of drug-likeness (QED) is 0.699. The summed E-state index contributed by atoms with van der Waals surface area (Å²) in [7, 11) is 0. The molecule has 132 valence electrons. The summed E-state index contributed by atoms with van der Waals surface area (Å²) in [5, 5.41) is 7.18. The van der Waals surface area contributed by atoms with Crippen LogP contribution < -0.4 is 10.1 Å². The van der Waals surface area contributed by atoms with Crippen LogP contribution in [0.5, 0.6) is 5.75 Å². The number of nitrogens with zero attached hydrogens (tertiary/aromatic N) is 2. The predicted octanol–water partition coefficient (Wildman–Crippen LogP) is 4.12. The van der Waals surface area contributed by atoms with Crippen molar-refractivity contribution < 1.29 is 9.53 Å². The number of rotatable bonds is 7. The summed E-state index contributed by atoms with van der Waals surface area (Å²) >= 11 is 0. The van der Waals surface area contributed by atoms with Crippen LogP contribution >= 0.6 is 0 Å². The van der Waals surface area contributed by atoms with Gasteiger partial charge in [-0.15, -0.1) is 0 Å². The standard InChI is InChI=1S/C21H21N3O2/c25-21(23-19-12-22-24(14-19)13-16-6-7-16)18-8-10-20(11-9-18)26-15-17-4-2-1-3-5-17/h1-5,8-12,14,16H,6-7,13,15H2,(H,23,25). The monoisotopic (exact) mass is 347 g/mol. The molecule has 0 radical (unpaired) electrons. The number of benzene rings is 2. The van der Waals surface area contributed by atoms with Gasteiger partial charge in [0.05, 0.1) is 11.9 Å². The van der Waals surface area contributed by atoms with Crippen LogP contribution in [0.15, 0.2) is 67.0 Å². The maximum absolute atomic E-state index is 12.4. The third kappa shape index (κ3) is 4.30. The molecule has 1 heterocycles. The molecular formula is C21H21N3O2. The first kappa shape index (κ1) is 16.4. The van der Waals surface area contributed by atoms with Gasteiger partial charge in [0, 0.05) is 18.3 Å². The molecule has 1 fully saturated rings. The molecule has 5 heteroatoms. The third-order valence-corrected chi connectivity index (χ3v) is 4.40. The van der Waals surface area contributed by atoms with Crippen LogP contribution in [0.4, 0.5) is 5.69 Å². The Hall–Kier alpha value is -3.08. The van der Waals surface area contributed by atoms with Crippen LogP contribution in [-0.4, -0.2) is 15.7 Å². The molecule has 1 aliphatic rings. The molecule has 3 aromatic rings. The number of carbonyl (C=O) groups excluding carboxylic acids is 1. The van der Waals surface area contributed by atoms with Gasteiger partial charge < -0.3 is 10.1 Å². The lowest BCUT2D eigenvalue weighted by Gasteiger charge is -2.07. The highest BCUT2D eigenvalue weighted by Gasteiger charge is 2.22. The van der Waals surface area contributed by atoms with Gasteiger partial charge >= 0.3 is 0 Å². The summed E-state index contributed by atoms with van der Waals surface area (Å²) in [6, 6.07) is 17.2. The average Bonchev–Trinajstić information content (AvgIpc) is 3.39. The summed E-state index contributed by atoms with van der Waals surface area (Å²) in [6.45, 7) is 1.44. The molecule has 1 N–H and O–H groups in total. The number of hydrogen-bond acceptors (Lipinski definition) is 3. The number of carbonyl (C=O) groups is 1. The van der Waals surface area contributed by atoms with E-state index in [0.717, 1.165) is 29.5 Å². The number of nitrogens with one attached hydrogen (secondary N) is 1. The molecule has 1 aliphatic carbocycles. The van der Waals surface area contributed by atoms with Crippen molar-refractivity contribution >= 4 is 11.6 Å². The van der Waals surface area contributed by atoms with Gasteiger partial charge in [0.15, 0.2) is 0 Å². The fourth-order valence-electron chi connectivity index (χ4n) is 2.74. The molecule has 0 saturated heterocycles. The van der Waals surface area contributed by atoms with E-state index in [1.807, 2.05) is 53.3 Å². The smallest absolute Gasteiger partial charge is 0.255 e. The Bertz CT molecular complexity index is 868. The average molecular weight is 347 g/mol. The largest absolute Gasteiger partial charge is 0.489 e. The molecule has 1 saturated carbocycles. The Morgan fingerprint density at radius 2 is 1.88 bits per heavy atom. The second-order valence-corrected chi connectivity index (χ2v) is 6.65. The van der Waals surface area contributed by atoms with E-state index in [1.54, 1.807) is 18.3 Å². The lowest BCUT2D eigenvalue weighted by Crippen LogP contribution is -2.11. The summed E-state index contributed by atoms with van der Waals surface area (Å²) < 4.78 is 7.64. The molecule has 0 spiro atoms. The van der Waals surface area contributed by atoms with Crippen LogP contribution in [0.1, 0.15) is 28.8 Å². The van der Waals surface area contributed by atoms with E-state index < -0.39 is 0 Å². The second-order valence-electron chi connectivity index (χ2n) is 6.65. The van der Waals surface area contributed by atoms with E-state index in [1.165, 1.54) is 12.8 Å². The van der Waals surface area contributed by atoms with Crippen molar-refractivity contribution in [2.24, 2.45) is 5.92 Å². The van der Waals surface area contributed by atoms with Gasteiger partial charge in [0.2, 0.25) is 0 Å². The Morgan fingerprint density at radius 1 is 1.12 bits per heavy atom. The topological polar surface area (TPSA) is 56.2 Å². The fraction of sp³-hybridized carbons (Fsp3) is 0.238. The minimum atomic E-state index is -0.148. The highest BCUT2D eigenvalue weighted by Crippen LogP contribution is 2.30. The van der Waals surface area contributed by atoms with Crippen molar-refractivity contribution in [1.29, 1.82) is 0 Å². The molecular weight excluding hydrogens is 326 g/mol. The van der Waals surface area contributed by atoms with Crippen molar-refractivity contribution in [3.8, 4) is 5.75 Å². The number of aromatic nitrogens is 2. The van der Waals surface area contributed by atoms with E-state index in [0.29, 0.717) is 12.2 Å². The van der Waals surface area contributed by atoms with Gasteiger partial charge in [-0.2, -0.15) is 5.10 Å². The second kappa shape index (κ2) is 7.44. The molecule has 0 aliphatic heterocycles. The number of amides is 1. The predicted molar refractivity (Wildman–Crippen MR) is 100 cm³/mol. The molecule has 1 amide bonds. The van der Waals surface area contributed by atoms with E-state index >= 15 is 0 Å². The van der Waals surface area contributed by atoms with Crippen LogP contribution in [-0.2, 0) is 13.2 Å². The van der Waals surface area contributed by atoms with Gasteiger partial charge in [-0.3, -0.25) is 9.48 Å². The Kier molecular flexibility index (Phi) is 4.69. The number of anilines is 1. The maximum atomic E-state index is 12.4. The number of ether oxygens (including phenoxy) is 1. The molecule has 1 aromatic heterocycles. The Morgan fingerprint density at radius 3 is 2.62 bits per heavy atom. The molecule has 0 atom stereocenters. The van der Waals surface area contributed by atoms with Gasteiger partial charge in [0.1, 0.15) is 12.4 Å². The Balaban J connectivity index is 1.32. The van der Waals surface area contributed by atoms with E-state index in [2.05, 4.69) is 10.4 Å². The molecule has 0 unspecified atom stereocenters. The molecule has 4 rings (SSSR count). The summed E-state index contributed by atoms with van der Waals surface area (Å²) in [4.78, 5) is 12.4. The lowest BCUT2D eigenvalue weighted by atomic mass is 10.2. The highest BCUT2D eigenvalue weighted by molar-refractivity contribution is 6.04.